The molecule has 0 unspecified atom stereocenters. The fourth-order valence-corrected chi connectivity index (χ4v) is 1.44. The van der Waals surface area contributed by atoms with E-state index in [2.05, 4.69) is 0 Å². The molecule has 2 aromatic rings. The second kappa shape index (κ2) is 3.77. The van der Waals surface area contributed by atoms with Crippen molar-refractivity contribution in [3.05, 3.63) is 40.6 Å². The van der Waals surface area contributed by atoms with Gasteiger partial charge in [-0.3, -0.25) is 4.79 Å². The van der Waals surface area contributed by atoms with Gasteiger partial charge < -0.3 is 9.32 Å². The van der Waals surface area contributed by atoms with Gasteiger partial charge in [0.15, 0.2) is 11.3 Å². The normalized spacial score (nSPS) is 10.5. The van der Waals surface area contributed by atoms with Gasteiger partial charge >= 0.3 is 0 Å². The summed E-state index contributed by atoms with van der Waals surface area (Å²) >= 11 is 0. The molecular formula is C12H13NO2. The lowest BCUT2D eigenvalue weighted by molar-refractivity contribution is 0.589. The van der Waals surface area contributed by atoms with Gasteiger partial charge in [-0.25, -0.2) is 0 Å². The van der Waals surface area contributed by atoms with E-state index < -0.39 is 0 Å². The first-order chi connectivity index (χ1) is 7.22. The molecule has 0 radical (unpaired) electrons. The molecule has 78 valence electrons. The number of para-hydroxylation sites is 1. The summed E-state index contributed by atoms with van der Waals surface area (Å²) in [6.07, 6.45) is 0. The van der Waals surface area contributed by atoms with Crippen LogP contribution in [0.1, 0.15) is 6.92 Å². The number of fused-ring (bicyclic) bond motifs is 1. The molecule has 0 amide bonds. The highest BCUT2D eigenvalue weighted by atomic mass is 16.4. The van der Waals surface area contributed by atoms with Crippen molar-refractivity contribution in [1.29, 1.82) is 0 Å². The van der Waals surface area contributed by atoms with E-state index in [-0.39, 0.29) is 5.43 Å². The lowest BCUT2D eigenvalue weighted by Gasteiger charge is -2.14. The SMILES string of the molecule is CCN(C)c1cc(=O)c2ccccc2o1. The van der Waals surface area contributed by atoms with Crippen LogP contribution in [0.3, 0.4) is 0 Å². The number of nitrogens with zero attached hydrogens (tertiary/aromatic N) is 1. The number of rotatable bonds is 2. The minimum Gasteiger partial charge on any atom is -0.440 e. The first-order valence-corrected chi connectivity index (χ1v) is 4.96. The largest absolute Gasteiger partial charge is 0.440 e. The summed E-state index contributed by atoms with van der Waals surface area (Å²) < 4.78 is 5.62. The fourth-order valence-electron chi connectivity index (χ4n) is 1.44. The molecular weight excluding hydrogens is 190 g/mol. The highest BCUT2D eigenvalue weighted by Crippen LogP contribution is 2.17. The van der Waals surface area contributed by atoms with E-state index in [1.165, 1.54) is 6.07 Å². The summed E-state index contributed by atoms with van der Waals surface area (Å²) in [5.41, 5.74) is 0.646. The zero-order chi connectivity index (χ0) is 10.8. The quantitative estimate of drug-likeness (QED) is 0.750. The van der Waals surface area contributed by atoms with Crippen molar-refractivity contribution >= 4 is 16.9 Å². The highest BCUT2D eigenvalue weighted by molar-refractivity contribution is 5.77. The van der Waals surface area contributed by atoms with Crippen LogP contribution in [0.5, 0.6) is 0 Å². The highest BCUT2D eigenvalue weighted by Gasteiger charge is 2.06. The van der Waals surface area contributed by atoms with Crippen molar-refractivity contribution in [2.75, 3.05) is 18.5 Å². The molecule has 0 bridgehead atoms. The van der Waals surface area contributed by atoms with Gasteiger partial charge in [-0.05, 0) is 19.1 Å². The summed E-state index contributed by atoms with van der Waals surface area (Å²) in [5, 5.41) is 0.630. The number of benzene rings is 1. The molecule has 0 saturated heterocycles. The van der Waals surface area contributed by atoms with Gasteiger partial charge in [0.05, 0.1) is 5.39 Å². The van der Waals surface area contributed by atoms with Crippen LogP contribution in [0.4, 0.5) is 5.88 Å². The number of anilines is 1. The monoisotopic (exact) mass is 203 g/mol. The van der Waals surface area contributed by atoms with Crippen LogP contribution < -0.4 is 10.3 Å². The van der Waals surface area contributed by atoms with Crippen molar-refractivity contribution in [3.63, 3.8) is 0 Å². The minimum atomic E-state index is 0.00662. The lowest BCUT2D eigenvalue weighted by atomic mass is 10.2. The molecule has 0 spiro atoms. The minimum absolute atomic E-state index is 0.00662. The van der Waals surface area contributed by atoms with Crippen LogP contribution in [0.25, 0.3) is 11.0 Å². The molecule has 3 nitrogen and oxygen atoms in total. The standard InChI is InChI=1S/C12H13NO2/c1-3-13(2)12-8-10(14)9-6-4-5-7-11(9)15-12/h4-8H,3H2,1-2H3. The van der Waals surface area contributed by atoms with Crippen LogP contribution in [-0.2, 0) is 0 Å². The van der Waals surface area contributed by atoms with Crippen LogP contribution in [0.2, 0.25) is 0 Å². The van der Waals surface area contributed by atoms with Gasteiger partial charge in [0.2, 0.25) is 0 Å². The number of hydrogen-bond donors (Lipinski definition) is 0. The predicted molar refractivity (Wildman–Crippen MR) is 61.4 cm³/mol. The van der Waals surface area contributed by atoms with E-state index >= 15 is 0 Å². The maximum atomic E-state index is 11.7. The Labute approximate surface area is 87.9 Å². The van der Waals surface area contributed by atoms with Gasteiger partial charge in [0, 0.05) is 19.7 Å². The third-order valence-corrected chi connectivity index (χ3v) is 2.47. The molecule has 0 atom stereocenters. The van der Waals surface area contributed by atoms with Crippen LogP contribution >= 0.6 is 0 Å². The smallest absolute Gasteiger partial charge is 0.199 e. The Kier molecular flexibility index (Phi) is 2.46. The Morgan fingerprint density at radius 1 is 1.33 bits per heavy atom. The molecule has 0 N–H and O–H groups in total. The first-order valence-electron chi connectivity index (χ1n) is 4.96. The van der Waals surface area contributed by atoms with E-state index in [1.54, 1.807) is 6.07 Å². The predicted octanol–water partition coefficient (Wildman–Crippen LogP) is 2.25. The molecule has 1 aromatic heterocycles. The summed E-state index contributed by atoms with van der Waals surface area (Å²) in [6, 6.07) is 8.82. The molecule has 0 fully saturated rings. The van der Waals surface area contributed by atoms with Gasteiger partial charge in [0.25, 0.3) is 0 Å². The van der Waals surface area contributed by atoms with Crippen LogP contribution in [0, 0.1) is 0 Å². The van der Waals surface area contributed by atoms with Crippen LogP contribution in [-0.4, -0.2) is 13.6 Å². The molecule has 0 aliphatic heterocycles. The molecule has 1 heterocycles. The Hall–Kier alpha value is -1.77. The zero-order valence-corrected chi connectivity index (χ0v) is 8.86. The van der Waals surface area contributed by atoms with E-state index in [9.17, 15) is 4.79 Å². The van der Waals surface area contributed by atoms with E-state index in [0.29, 0.717) is 16.9 Å². The van der Waals surface area contributed by atoms with Crippen molar-refractivity contribution in [1.82, 2.24) is 0 Å². The molecule has 0 saturated carbocycles. The van der Waals surface area contributed by atoms with E-state index in [4.69, 9.17) is 4.42 Å². The van der Waals surface area contributed by atoms with E-state index in [1.807, 2.05) is 37.1 Å². The molecule has 3 heteroatoms. The lowest BCUT2D eigenvalue weighted by Crippen LogP contribution is -2.17. The Morgan fingerprint density at radius 2 is 2.07 bits per heavy atom. The second-order valence-corrected chi connectivity index (χ2v) is 3.46. The molecule has 2 rings (SSSR count). The first kappa shape index (κ1) is 9.77. The molecule has 0 aliphatic rings. The summed E-state index contributed by atoms with van der Waals surface area (Å²) in [6.45, 7) is 2.82. The molecule has 15 heavy (non-hydrogen) atoms. The van der Waals surface area contributed by atoms with Crippen LogP contribution in [0.15, 0.2) is 39.5 Å². The van der Waals surface area contributed by atoms with Crippen molar-refractivity contribution in [2.45, 2.75) is 6.92 Å². The van der Waals surface area contributed by atoms with Gasteiger partial charge in [-0.15, -0.1) is 0 Å². The summed E-state index contributed by atoms with van der Waals surface area (Å²) in [4.78, 5) is 13.6. The summed E-state index contributed by atoms with van der Waals surface area (Å²) in [7, 11) is 1.90. The van der Waals surface area contributed by atoms with Crippen molar-refractivity contribution in [3.8, 4) is 0 Å². The average Bonchev–Trinajstić information content (AvgIpc) is 2.28. The second-order valence-electron chi connectivity index (χ2n) is 3.46. The fraction of sp³-hybridized carbons (Fsp3) is 0.250. The van der Waals surface area contributed by atoms with Gasteiger partial charge in [-0.2, -0.15) is 0 Å². The van der Waals surface area contributed by atoms with Crippen molar-refractivity contribution in [2.24, 2.45) is 0 Å². The average molecular weight is 203 g/mol. The van der Waals surface area contributed by atoms with E-state index in [0.717, 1.165) is 6.54 Å². The summed E-state index contributed by atoms with van der Waals surface area (Å²) in [5.74, 6) is 0.612. The van der Waals surface area contributed by atoms with Crippen molar-refractivity contribution < 1.29 is 4.42 Å². The maximum Gasteiger partial charge on any atom is 0.199 e. The third kappa shape index (κ3) is 1.73. The molecule has 0 aliphatic carbocycles. The zero-order valence-electron chi connectivity index (χ0n) is 8.86. The maximum absolute atomic E-state index is 11.7. The Bertz CT molecular complexity index is 530. The molecule has 1 aromatic carbocycles. The Balaban J connectivity index is 2.67. The Morgan fingerprint density at radius 3 is 2.80 bits per heavy atom. The van der Waals surface area contributed by atoms with Gasteiger partial charge in [0.1, 0.15) is 5.58 Å². The van der Waals surface area contributed by atoms with Gasteiger partial charge in [-0.1, -0.05) is 12.1 Å². The topological polar surface area (TPSA) is 33.5 Å². The number of hydrogen-bond acceptors (Lipinski definition) is 3. The third-order valence-electron chi connectivity index (χ3n) is 2.47.